The van der Waals surface area contributed by atoms with Gasteiger partial charge in [0.05, 0.1) is 0 Å². The van der Waals surface area contributed by atoms with Crippen molar-refractivity contribution < 1.29 is 4.74 Å². The topological polar surface area (TPSA) is 55.4 Å². The lowest BCUT2D eigenvalue weighted by Gasteiger charge is -2.50. The second-order valence-electron chi connectivity index (χ2n) is 9.61. The summed E-state index contributed by atoms with van der Waals surface area (Å²) in [4.78, 5) is 12.4. The van der Waals surface area contributed by atoms with Gasteiger partial charge in [-0.2, -0.15) is 0 Å². The molecule has 0 aliphatic carbocycles. The van der Waals surface area contributed by atoms with Crippen LogP contribution in [-0.4, -0.2) is 112 Å². The van der Waals surface area contributed by atoms with E-state index in [1.54, 1.807) is 7.11 Å². The molecule has 0 aromatic heterocycles. The summed E-state index contributed by atoms with van der Waals surface area (Å²) in [6.45, 7) is 10.3. The Bertz CT molecular complexity index is 506. The van der Waals surface area contributed by atoms with Crippen LogP contribution < -0.4 is 10.6 Å². The molecule has 0 radical (unpaired) electrons. The van der Waals surface area contributed by atoms with E-state index < -0.39 is 0 Å². The Morgan fingerprint density at radius 2 is 1.73 bits per heavy atom. The van der Waals surface area contributed by atoms with Crippen molar-refractivity contribution in [2.75, 3.05) is 80.2 Å². The minimum atomic E-state index is 0.287. The third-order valence-corrected chi connectivity index (χ3v) is 7.50. The van der Waals surface area contributed by atoms with Gasteiger partial charge in [-0.3, -0.25) is 9.89 Å². The highest BCUT2D eigenvalue weighted by atomic mass is 16.5. The quantitative estimate of drug-likeness (QED) is 0.352. The second kappa shape index (κ2) is 12.2. The molecular formula is C23H46N6O. The van der Waals surface area contributed by atoms with Crippen molar-refractivity contribution in [2.45, 2.75) is 62.9 Å². The predicted octanol–water partition coefficient (Wildman–Crippen LogP) is 1.60. The first-order valence-corrected chi connectivity index (χ1v) is 12.3. The zero-order valence-electron chi connectivity index (χ0n) is 19.8. The summed E-state index contributed by atoms with van der Waals surface area (Å²) in [5.74, 6) is 0.989. The maximum absolute atomic E-state index is 5.19. The van der Waals surface area contributed by atoms with Gasteiger partial charge in [-0.25, -0.2) is 0 Å². The normalized spacial score (nSPS) is 25.4. The number of piperidine rings is 3. The van der Waals surface area contributed by atoms with Crippen LogP contribution in [0.25, 0.3) is 0 Å². The van der Waals surface area contributed by atoms with E-state index in [-0.39, 0.29) is 5.54 Å². The summed E-state index contributed by atoms with van der Waals surface area (Å²) in [7, 11) is 5.96. The van der Waals surface area contributed by atoms with Crippen LogP contribution in [0.5, 0.6) is 0 Å². The van der Waals surface area contributed by atoms with E-state index in [1.165, 1.54) is 84.2 Å². The molecule has 0 spiro atoms. The summed E-state index contributed by atoms with van der Waals surface area (Å²) >= 11 is 0. The molecule has 7 nitrogen and oxygen atoms in total. The Labute approximate surface area is 184 Å². The molecule has 2 N–H and O–H groups in total. The predicted molar refractivity (Wildman–Crippen MR) is 125 cm³/mol. The van der Waals surface area contributed by atoms with Crippen molar-refractivity contribution in [3.8, 4) is 0 Å². The summed E-state index contributed by atoms with van der Waals surface area (Å²) in [6, 6.07) is 0.526. The fraction of sp³-hybridized carbons (Fsp3) is 0.957. The molecule has 0 unspecified atom stereocenters. The van der Waals surface area contributed by atoms with Gasteiger partial charge in [-0.15, -0.1) is 0 Å². The average molecular weight is 423 g/mol. The molecule has 7 heteroatoms. The number of likely N-dealkylation sites (tertiary alicyclic amines) is 3. The first-order chi connectivity index (χ1) is 14.6. The van der Waals surface area contributed by atoms with Crippen molar-refractivity contribution in [2.24, 2.45) is 4.99 Å². The van der Waals surface area contributed by atoms with Crippen molar-refractivity contribution in [3.63, 3.8) is 0 Å². The molecule has 0 atom stereocenters. The Hall–Kier alpha value is -0.890. The van der Waals surface area contributed by atoms with E-state index in [0.29, 0.717) is 6.04 Å². The van der Waals surface area contributed by atoms with Gasteiger partial charge in [0.2, 0.25) is 0 Å². The van der Waals surface area contributed by atoms with Gasteiger partial charge in [0.25, 0.3) is 0 Å². The molecule has 0 aromatic rings. The summed E-state index contributed by atoms with van der Waals surface area (Å²) in [6.07, 6.45) is 10.1. The molecule has 0 aromatic carbocycles. The fourth-order valence-electron chi connectivity index (χ4n) is 5.38. The van der Waals surface area contributed by atoms with Crippen LogP contribution in [0.15, 0.2) is 4.99 Å². The lowest BCUT2D eigenvalue weighted by molar-refractivity contribution is 0.0172. The van der Waals surface area contributed by atoms with Crippen LogP contribution in [-0.2, 0) is 4.74 Å². The zero-order valence-corrected chi connectivity index (χ0v) is 19.8. The van der Waals surface area contributed by atoms with Crippen LogP contribution >= 0.6 is 0 Å². The van der Waals surface area contributed by atoms with E-state index >= 15 is 0 Å². The highest BCUT2D eigenvalue weighted by molar-refractivity contribution is 5.80. The molecule has 3 heterocycles. The molecule has 3 aliphatic rings. The molecule has 3 fully saturated rings. The molecule has 30 heavy (non-hydrogen) atoms. The van der Waals surface area contributed by atoms with Crippen LogP contribution in [0.2, 0.25) is 0 Å². The highest BCUT2D eigenvalue weighted by Gasteiger charge is 2.39. The molecule has 3 aliphatic heterocycles. The third-order valence-electron chi connectivity index (χ3n) is 7.50. The number of guanidine groups is 1. The highest BCUT2D eigenvalue weighted by Crippen LogP contribution is 2.30. The van der Waals surface area contributed by atoms with E-state index in [0.717, 1.165) is 32.1 Å². The van der Waals surface area contributed by atoms with E-state index in [9.17, 15) is 0 Å². The summed E-state index contributed by atoms with van der Waals surface area (Å²) in [5, 5.41) is 7.46. The Balaban J connectivity index is 1.47. The maximum Gasteiger partial charge on any atom is 0.191 e. The molecular weight excluding hydrogens is 376 g/mol. The van der Waals surface area contributed by atoms with Crippen molar-refractivity contribution in [3.05, 3.63) is 0 Å². The smallest absolute Gasteiger partial charge is 0.191 e. The van der Waals surface area contributed by atoms with Crippen molar-refractivity contribution in [1.29, 1.82) is 0 Å². The van der Waals surface area contributed by atoms with Gasteiger partial charge in [-0.05, 0) is 78.2 Å². The van der Waals surface area contributed by atoms with Gasteiger partial charge < -0.3 is 25.2 Å². The van der Waals surface area contributed by atoms with E-state index in [2.05, 4.69) is 37.4 Å². The van der Waals surface area contributed by atoms with Gasteiger partial charge in [-0.1, -0.05) is 6.42 Å². The molecule has 174 valence electrons. The van der Waals surface area contributed by atoms with Crippen LogP contribution in [0.4, 0.5) is 0 Å². The molecule has 3 saturated heterocycles. The fourth-order valence-corrected chi connectivity index (χ4v) is 5.38. The van der Waals surface area contributed by atoms with Gasteiger partial charge in [0.1, 0.15) is 0 Å². The summed E-state index contributed by atoms with van der Waals surface area (Å²) in [5.41, 5.74) is 0.287. The first kappa shape index (κ1) is 23.8. The maximum atomic E-state index is 5.19. The Morgan fingerprint density at radius 3 is 2.37 bits per heavy atom. The van der Waals surface area contributed by atoms with Gasteiger partial charge in [0.15, 0.2) is 5.96 Å². The summed E-state index contributed by atoms with van der Waals surface area (Å²) < 4.78 is 5.19. The SMILES string of the molecule is CN=C(NCC1(N2CCCCC2)CCN(C)CC1)NC1CCN(CCCOC)CC1. The molecule has 3 rings (SSSR count). The van der Waals surface area contributed by atoms with Crippen LogP contribution in [0, 0.1) is 0 Å². The Morgan fingerprint density at radius 1 is 1.03 bits per heavy atom. The minimum Gasteiger partial charge on any atom is -0.385 e. The van der Waals surface area contributed by atoms with Crippen molar-refractivity contribution in [1.82, 2.24) is 25.3 Å². The molecule has 0 amide bonds. The average Bonchev–Trinajstić information content (AvgIpc) is 2.80. The van der Waals surface area contributed by atoms with Crippen LogP contribution in [0.3, 0.4) is 0 Å². The van der Waals surface area contributed by atoms with Gasteiger partial charge >= 0.3 is 0 Å². The number of nitrogens with zero attached hydrogens (tertiary/aromatic N) is 4. The number of rotatable bonds is 8. The second-order valence-corrected chi connectivity index (χ2v) is 9.61. The Kier molecular flexibility index (Phi) is 9.68. The zero-order chi connectivity index (χ0) is 21.2. The number of aliphatic imine (C=N–C) groups is 1. The third kappa shape index (κ3) is 6.81. The van der Waals surface area contributed by atoms with E-state index in [4.69, 9.17) is 4.74 Å². The van der Waals surface area contributed by atoms with Crippen LogP contribution in [0.1, 0.15) is 51.4 Å². The standard InChI is InChI=1S/C23H46N6O/c1-24-22(26-21-8-15-28(16-9-21)12-7-19-30-3)25-20-23(10-17-27(2)18-11-23)29-13-5-4-6-14-29/h21H,4-20H2,1-3H3,(H2,24,25,26). The van der Waals surface area contributed by atoms with Crippen molar-refractivity contribution >= 4 is 5.96 Å². The first-order valence-electron chi connectivity index (χ1n) is 12.3. The molecule has 0 saturated carbocycles. The lowest BCUT2D eigenvalue weighted by Crippen LogP contribution is -2.62. The molecule has 0 bridgehead atoms. The van der Waals surface area contributed by atoms with Gasteiger partial charge in [0, 0.05) is 58.5 Å². The largest absolute Gasteiger partial charge is 0.385 e. The van der Waals surface area contributed by atoms with E-state index in [1.807, 2.05) is 7.05 Å². The number of methoxy groups -OCH3 is 1. The number of hydrogen-bond donors (Lipinski definition) is 2. The monoisotopic (exact) mass is 422 g/mol. The number of hydrogen-bond acceptors (Lipinski definition) is 5. The number of ether oxygens (including phenoxy) is 1. The lowest BCUT2D eigenvalue weighted by atomic mass is 9.84. The number of nitrogens with one attached hydrogen (secondary N) is 2. The minimum absolute atomic E-state index is 0.287.